The zero-order chi connectivity index (χ0) is 18.5. The van der Waals surface area contributed by atoms with Gasteiger partial charge in [-0.05, 0) is 42.0 Å². The molecule has 6 heteroatoms. The second-order valence-corrected chi connectivity index (χ2v) is 6.99. The number of ether oxygens (including phenoxy) is 1. The molecule has 28 heavy (non-hydrogen) atoms. The zero-order valence-electron chi connectivity index (χ0n) is 14.9. The summed E-state index contributed by atoms with van der Waals surface area (Å²) in [6.45, 7) is 0.527. The van der Waals surface area contributed by atoms with Gasteiger partial charge in [0.1, 0.15) is 12.4 Å². The topological polar surface area (TPSA) is 49.4 Å². The summed E-state index contributed by atoms with van der Waals surface area (Å²) in [5, 5.41) is 5.38. The Kier molecular flexibility index (Phi) is 6.74. The maximum absolute atomic E-state index is 6.07. The van der Waals surface area contributed by atoms with Crippen molar-refractivity contribution >= 4 is 51.1 Å². The molecular formula is C22H19BrClN3O. The molecule has 4 rings (SSSR count). The van der Waals surface area contributed by atoms with Crippen molar-refractivity contribution in [2.24, 2.45) is 5.10 Å². The number of halogens is 2. The number of hydrogen-bond donors (Lipinski definition) is 2. The third-order valence-corrected chi connectivity index (χ3v) is 4.71. The molecule has 1 aromatic heterocycles. The van der Waals surface area contributed by atoms with Crippen LogP contribution >= 0.6 is 28.3 Å². The maximum Gasteiger partial charge on any atom is 0.129 e. The largest absolute Gasteiger partial charge is 0.488 e. The number of nitrogens with one attached hydrogen (secondary N) is 2. The van der Waals surface area contributed by atoms with Crippen molar-refractivity contribution < 1.29 is 4.74 Å². The molecule has 0 aliphatic rings. The molecule has 1 heterocycles. The van der Waals surface area contributed by atoms with E-state index in [-0.39, 0.29) is 12.4 Å². The lowest BCUT2D eigenvalue weighted by molar-refractivity contribution is 0.310. The number of benzene rings is 3. The lowest BCUT2D eigenvalue weighted by Gasteiger charge is -2.08. The molecule has 142 valence electrons. The highest BCUT2D eigenvalue weighted by molar-refractivity contribution is 9.10. The van der Waals surface area contributed by atoms with E-state index in [1.165, 1.54) is 0 Å². The van der Waals surface area contributed by atoms with Crippen LogP contribution in [-0.4, -0.2) is 11.2 Å². The van der Waals surface area contributed by atoms with Crippen LogP contribution in [0, 0.1) is 0 Å². The fourth-order valence-electron chi connectivity index (χ4n) is 2.84. The average Bonchev–Trinajstić information content (AvgIpc) is 3.12. The average molecular weight is 457 g/mol. The molecule has 4 aromatic rings. The Hall–Kier alpha value is -2.76. The molecule has 3 aromatic carbocycles. The fourth-order valence-corrected chi connectivity index (χ4v) is 3.10. The molecule has 0 amide bonds. The molecule has 0 saturated heterocycles. The number of fused-ring (bicyclic) bond motifs is 1. The van der Waals surface area contributed by atoms with Crippen molar-refractivity contribution in [3.8, 4) is 5.75 Å². The highest BCUT2D eigenvalue weighted by Crippen LogP contribution is 2.28. The lowest BCUT2D eigenvalue weighted by atomic mass is 10.1. The quantitative estimate of drug-likeness (QED) is 0.261. The predicted octanol–water partition coefficient (Wildman–Crippen LogP) is 6.38. The zero-order valence-corrected chi connectivity index (χ0v) is 17.3. The van der Waals surface area contributed by atoms with E-state index in [1.54, 1.807) is 6.21 Å². The summed E-state index contributed by atoms with van der Waals surface area (Å²) < 4.78 is 7.11. The van der Waals surface area contributed by atoms with E-state index in [9.17, 15) is 0 Å². The minimum atomic E-state index is 0. The summed E-state index contributed by atoms with van der Waals surface area (Å²) in [4.78, 5) is 3.28. The maximum atomic E-state index is 6.07. The van der Waals surface area contributed by atoms with Crippen LogP contribution in [0.3, 0.4) is 0 Å². The summed E-state index contributed by atoms with van der Waals surface area (Å²) in [5.41, 5.74) is 7.10. The van der Waals surface area contributed by atoms with E-state index in [0.29, 0.717) is 6.61 Å². The molecule has 0 saturated carbocycles. The van der Waals surface area contributed by atoms with E-state index >= 15 is 0 Å². The van der Waals surface area contributed by atoms with Gasteiger partial charge in [0.05, 0.1) is 17.3 Å². The third kappa shape index (κ3) is 4.74. The van der Waals surface area contributed by atoms with Gasteiger partial charge >= 0.3 is 0 Å². The molecule has 0 radical (unpaired) electrons. The second-order valence-electron chi connectivity index (χ2n) is 6.07. The summed E-state index contributed by atoms with van der Waals surface area (Å²) >= 11 is 3.43. The Balaban J connectivity index is 0.00000225. The Bertz CT molecular complexity index is 1060. The first-order chi connectivity index (χ1) is 13.3. The van der Waals surface area contributed by atoms with E-state index in [1.807, 2.05) is 66.9 Å². The number of nitrogens with zero attached hydrogens (tertiary/aromatic N) is 1. The number of hydrogen-bond acceptors (Lipinski definition) is 3. The Morgan fingerprint density at radius 2 is 1.75 bits per heavy atom. The van der Waals surface area contributed by atoms with Gasteiger partial charge < -0.3 is 9.72 Å². The Labute approximate surface area is 178 Å². The van der Waals surface area contributed by atoms with Gasteiger partial charge in [-0.25, -0.2) is 0 Å². The van der Waals surface area contributed by atoms with Gasteiger partial charge in [0, 0.05) is 21.7 Å². The minimum Gasteiger partial charge on any atom is -0.488 e. The number of rotatable bonds is 6. The first-order valence-corrected chi connectivity index (χ1v) is 9.40. The van der Waals surface area contributed by atoms with Crippen LogP contribution in [0.4, 0.5) is 5.69 Å². The van der Waals surface area contributed by atoms with Crippen molar-refractivity contribution in [2.45, 2.75) is 6.61 Å². The van der Waals surface area contributed by atoms with Gasteiger partial charge in [-0.15, -0.1) is 12.4 Å². The molecule has 0 bridgehead atoms. The highest BCUT2D eigenvalue weighted by Gasteiger charge is 2.08. The molecule has 0 fully saturated rings. The van der Waals surface area contributed by atoms with Crippen LogP contribution in [0.25, 0.3) is 10.9 Å². The molecule has 0 unspecified atom stereocenters. The minimum absolute atomic E-state index is 0. The van der Waals surface area contributed by atoms with Gasteiger partial charge in [0.15, 0.2) is 0 Å². The van der Waals surface area contributed by atoms with Gasteiger partial charge in [0.25, 0.3) is 0 Å². The van der Waals surface area contributed by atoms with Crippen molar-refractivity contribution in [1.29, 1.82) is 0 Å². The van der Waals surface area contributed by atoms with Crippen molar-refractivity contribution in [3.63, 3.8) is 0 Å². The van der Waals surface area contributed by atoms with Crippen LogP contribution in [0.1, 0.15) is 11.1 Å². The van der Waals surface area contributed by atoms with Crippen molar-refractivity contribution in [1.82, 2.24) is 4.98 Å². The summed E-state index contributed by atoms with van der Waals surface area (Å²) in [7, 11) is 0. The van der Waals surface area contributed by atoms with Gasteiger partial charge in [-0.1, -0.05) is 52.3 Å². The van der Waals surface area contributed by atoms with Crippen molar-refractivity contribution in [2.75, 3.05) is 5.43 Å². The summed E-state index contributed by atoms with van der Waals surface area (Å²) in [6.07, 6.45) is 3.74. The summed E-state index contributed by atoms with van der Waals surface area (Å²) in [6, 6.07) is 24.0. The van der Waals surface area contributed by atoms with E-state index in [2.05, 4.69) is 43.6 Å². The molecular weight excluding hydrogens is 438 g/mol. The normalized spacial score (nSPS) is 10.8. The molecule has 0 aliphatic carbocycles. The number of anilines is 1. The number of H-pyrrole nitrogens is 1. The third-order valence-electron chi connectivity index (χ3n) is 4.18. The predicted molar refractivity (Wildman–Crippen MR) is 122 cm³/mol. The van der Waals surface area contributed by atoms with Crippen LogP contribution in [0.15, 0.2) is 88.6 Å². The number of hydrazone groups is 1. The number of aromatic nitrogens is 1. The van der Waals surface area contributed by atoms with E-state index < -0.39 is 0 Å². The highest BCUT2D eigenvalue weighted by atomic mass is 79.9. The second kappa shape index (κ2) is 9.44. The number of aromatic amines is 1. The van der Waals surface area contributed by atoms with E-state index in [4.69, 9.17) is 4.74 Å². The SMILES string of the molecule is Brc1ccc(N/N=C/c2c[nH]c3cccc(OCc4ccccc4)c23)cc1.Cl. The molecule has 0 atom stereocenters. The Morgan fingerprint density at radius 3 is 2.54 bits per heavy atom. The van der Waals surface area contributed by atoms with Crippen LogP contribution < -0.4 is 10.2 Å². The lowest BCUT2D eigenvalue weighted by Crippen LogP contribution is -1.96. The smallest absolute Gasteiger partial charge is 0.129 e. The standard InChI is InChI=1S/C22H18BrN3O.ClH/c23-18-9-11-19(12-10-18)26-25-14-17-13-24-20-7-4-8-21(22(17)20)27-15-16-5-2-1-3-6-16;/h1-14,24,26H,15H2;1H/b25-14+;. The monoisotopic (exact) mass is 455 g/mol. The molecule has 0 aliphatic heterocycles. The molecule has 2 N–H and O–H groups in total. The van der Waals surface area contributed by atoms with Crippen LogP contribution in [0.5, 0.6) is 5.75 Å². The van der Waals surface area contributed by atoms with Crippen molar-refractivity contribution in [3.05, 3.63) is 94.6 Å². The Morgan fingerprint density at radius 1 is 0.964 bits per heavy atom. The van der Waals surface area contributed by atoms with E-state index in [0.717, 1.165) is 37.9 Å². The van der Waals surface area contributed by atoms with Gasteiger partial charge in [-0.3, -0.25) is 5.43 Å². The van der Waals surface area contributed by atoms with Crippen LogP contribution in [0.2, 0.25) is 0 Å². The van der Waals surface area contributed by atoms with Gasteiger partial charge in [-0.2, -0.15) is 5.10 Å². The molecule has 4 nitrogen and oxygen atoms in total. The van der Waals surface area contributed by atoms with Crippen LogP contribution in [-0.2, 0) is 6.61 Å². The fraction of sp³-hybridized carbons (Fsp3) is 0.0455. The summed E-state index contributed by atoms with van der Waals surface area (Å²) in [5.74, 6) is 0.836. The van der Waals surface area contributed by atoms with Gasteiger partial charge in [0.2, 0.25) is 0 Å². The first-order valence-electron chi connectivity index (χ1n) is 8.61. The first kappa shape index (κ1) is 20.0. The molecule has 0 spiro atoms.